The minimum absolute atomic E-state index is 0.000660. The first-order chi connectivity index (χ1) is 13.6. The summed E-state index contributed by atoms with van der Waals surface area (Å²) < 4.78 is 0. The maximum Gasteiger partial charge on any atom is 0.279 e. The molecule has 2 N–H and O–H groups in total. The van der Waals surface area contributed by atoms with E-state index < -0.39 is 0 Å². The van der Waals surface area contributed by atoms with Crippen LogP contribution < -0.4 is 15.1 Å². The van der Waals surface area contributed by atoms with Crippen LogP contribution in [-0.4, -0.2) is 38.3 Å². The van der Waals surface area contributed by atoms with Gasteiger partial charge in [-0.2, -0.15) is 0 Å². The summed E-state index contributed by atoms with van der Waals surface area (Å²) in [6.45, 7) is 0.711. The zero-order valence-corrected chi connectivity index (χ0v) is 16.7. The lowest BCUT2D eigenvalue weighted by atomic mass is 10.1. The summed E-state index contributed by atoms with van der Waals surface area (Å²) in [6.07, 6.45) is 1.99. The van der Waals surface area contributed by atoms with Gasteiger partial charge in [0.15, 0.2) is 13.2 Å². The Labute approximate surface area is 168 Å². The summed E-state index contributed by atoms with van der Waals surface area (Å²) in [5, 5.41) is 5.05. The third kappa shape index (κ3) is 3.37. The van der Waals surface area contributed by atoms with Crippen LogP contribution in [0.2, 0.25) is 0 Å². The second kappa shape index (κ2) is 7.66. The number of nitrogens with one attached hydrogen (secondary N) is 2. The number of likely N-dealkylation sites (N-methyl/N-ethyl adjacent to an activating group) is 1. The molecule has 0 saturated carbocycles. The molecule has 0 bridgehead atoms. The molecule has 0 spiro atoms. The lowest BCUT2D eigenvalue weighted by molar-refractivity contribution is -0.869. The zero-order chi connectivity index (χ0) is 19.7. The Balaban J connectivity index is 1.46. The van der Waals surface area contributed by atoms with E-state index in [2.05, 4.69) is 5.32 Å². The van der Waals surface area contributed by atoms with Crippen LogP contribution in [0.4, 0.5) is 11.4 Å². The summed E-state index contributed by atoms with van der Waals surface area (Å²) in [7, 11) is 1.93. The van der Waals surface area contributed by atoms with Crippen molar-refractivity contribution in [3.63, 3.8) is 0 Å². The first-order valence-electron chi connectivity index (χ1n) is 9.16. The first-order valence-corrected chi connectivity index (χ1v) is 10.4. The molecule has 1 unspecified atom stereocenters. The average molecular weight is 393 g/mol. The van der Waals surface area contributed by atoms with E-state index >= 15 is 0 Å². The first kappa shape index (κ1) is 18.5. The topological polar surface area (TPSA) is 53.9 Å². The van der Waals surface area contributed by atoms with Crippen molar-refractivity contribution in [3.05, 3.63) is 66.2 Å². The molecule has 3 aromatic carbocycles. The highest BCUT2D eigenvalue weighted by Gasteiger charge is 2.31. The molecule has 5 nitrogen and oxygen atoms in total. The summed E-state index contributed by atoms with van der Waals surface area (Å²) in [6, 6.07) is 19.5. The van der Waals surface area contributed by atoms with Gasteiger partial charge in [-0.25, -0.2) is 0 Å². The Morgan fingerprint density at radius 2 is 1.82 bits per heavy atom. The SMILES string of the molecule is CSc1ccccc1NC(=O)C[NH+](C)CN1C(=O)c2cccc3cccc1c23. The number of thioether (sulfide) groups is 1. The van der Waals surface area contributed by atoms with Crippen molar-refractivity contribution < 1.29 is 14.5 Å². The van der Waals surface area contributed by atoms with Gasteiger partial charge in [0, 0.05) is 10.3 Å². The monoisotopic (exact) mass is 392 g/mol. The Morgan fingerprint density at radius 1 is 1.07 bits per heavy atom. The van der Waals surface area contributed by atoms with Crippen LogP contribution in [0.3, 0.4) is 0 Å². The van der Waals surface area contributed by atoms with Crippen LogP contribution >= 0.6 is 11.8 Å². The molecular formula is C22H22N3O2S+. The lowest BCUT2D eigenvalue weighted by Crippen LogP contribution is -3.12. The summed E-state index contributed by atoms with van der Waals surface area (Å²) in [5.41, 5.74) is 2.48. The number of hydrogen-bond donors (Lipinski definition) is 2. The normalized spacial score (nSPS) is 13.8. The molecular weight excluding hydrogens is 370 g/mol. The van der Waals surface area contributed by atoms with E-state index in [1.807, 2.05) is 74.0 Å². The Bertz CT molecular complexity index is 1060. The fraction of sp³-hybridized carbons (Fsp3) is 0.182. The van der Waals surface area contributed by atoms with Gasteiger partial charge in [-0.3, -0.25) is 14.5 Å². The quantitative estimate of drug-likeness (QED) is 0.634. The average Bonchev–Trinajstić information content (AvgIpc) is 2.96. The van der Waals surface area contributed by atoms with Crippen molar-refractivity contribution in [2.24, 2.45) is 0 Å². The van der Waals surface area contributed by atoms with Gasteiger partial charge < -0.3 is 10.2 Å². The molecule has 0 aliphatic carbocycles. The van der Waals surface area contributed by atoms with Crippen molar-refractivity contribution in [2.75, 3.05) is 36.7 Å². The maximum atomic E-state index is 12.9. The number of para-hydroxylation sites is 1. The fourth-order valence-corrected chi connectivity index (χ4v) is 4.23. The predicted octanol–water partition coefficient (Wildman–Crippen LogP) is 2.63. The zero-order valence-electron chi connectivity index (χ0n) is 15.9. The molecule has 6 heteroatoms. The number of hydrogen-bond acceptors (Lipinski definition) is 3. The third-order valence-electron chi connectivity index (χ3n) is 4.92. The number of carbonyl (C=O) groups excluding carboxylic acids is 2. The molecule has 1 aliphatic heterocycles. The van der Waals surface area contributed by atoms with Crippen molar-refractivity contribution >= 4 is 45.7 Å². The molecule has 0 fully saturated rings. The number of nitrogens with zero attached hydrogens (tertiary/aromatic N) is 1. The molecule has 1 aliphatic rings. The molecule has 3 aromatic rings. The molecule has 2 amide bonds. The number of carbonyl (C=O) groups is 2. The second-order valence-corrected chi connectivity index (χ2v) is 7.80. The van der Waals surface area contributed by atoms with E-state index in [-0.39, 0.29) is 18.4 Å². The molecule has 1 atom stereocenters. The van der Waals surface area contributed by atoms with Gasteiger partial charge in [-0.15, -0.1) is 11.8 Å². The molecule has 0 saturated heterocycles. The smallest absolute Gasteiger partial charge is 0.279 e. The highest BCUT2D eigenvalue weighted by molar-refractivity contribution is 7.98. The van der Waals surface area contributed by atoms with E-state index in [4.69, 9.17) is 0 Å². The number of anilines is 2. The fourth-order valence-electron chi connectivity index (χ4n) is 3.68. The standard InChI is InChI=1S/C22H21N3O2S/c1-24(13-20(26)23-17-10-3-4-12-19(17)28-2)14-25-18-11-6-8-15-7-5-9-16(21(15)18)22(25)27/h3-12H,13-14H2,1-2H3,(H,23,26)/p+1. The number of amides is 2. The van der Waals surface area contributed by atoms with Gasteiger partial charge in [-0.1, -0.05) is 36.4 Å². The van der Waals surface area contributed by atoms with Crippen LogP contribution in [0.15, 0.2) is 65.6 Å². The third-order valence-corrected chi connectivity index (χ3v) is 5.72. The highest BCUT2D eigenvalue weighted by atomic mass is 32.2. The second-order valence-electron chi connectivity index (χ2n) is 6.95. The summed E-state index contributed by atoms with van der Waals surface area (Å²) in [5.74, 6) is -0.0688. The molecule has 0 radical (unpaired) electrons. The van der Waals surface area contributed by atoms with Gasteiger partial charge in [0.2, 0.25) is 0 Å². The van der Waals surface area contributed by atoms with Gasteiger partial charge in [0.1, 0.15) is 0 Å². The van der Waals surface area contributed by atoms with Crippen molar-refractivity contribution in [1.82, 2.24) is 0 Å². The largest absolute Gasteiger partial charge is 0.320 e. The van der Waals surface area contributed by atoms with Gasteiger partial charge in [0.05, 0.1) is 24.0 Å². The van der Waals surface area contributed by atoms with E-state index in [9.17, 15) is 9.59 Å². The van der Waals surface area contributed by atoms with Crippen molar-refractivity contribution in [2.45, 2.75) is 4.90 Å². The van der Waals surface area contributed by atoms with Crippen molar-refractivity contribution in [1.29, 1.82) is 0 Å². The summed E-state index contributed by atoms with van der Waals surface area (Å²) >= 11 is 1.60. The van der Waals surface area contributed by atoms with Gasteiger partial charge in [-0.05, 0) is 35.9 Å². The number of rotatable bonds is 6. The lowest BCUT2D eigenvalue weighted by Gasteiger charge is -2.22. The minimum Gasteiger partial charge on any atom is -0.320 e. The highest BCUT2D eigenvalue weighted by Crippen LogP contribution is 2.36. The number of benzene rings is 3. The van der Waals surface area contributed by atoms with Crippen molar-refractivity contribution in [3.8, 4) is 0 Å². The van der Waals surface area contributed by atoms with E-state index in [0.29, 0.717) is 6.67 Å². The molecule has 28 heavy (non-hydrogen) atoms. The summed E-state index contributed by atoms with van der Waals surface area (Å²) in [4.78, 5) is 29.1. The van der Waals surface area contributed by atoms with E-state index in [1.165, 1.54) is 0 Å². The molecule has 1 heterocycles. The van der Waals surface area contributed by atoms with E-state index in [0.717, 1.165) is 37.5 Å². The Hall–Kier alpha value is -2.83. The van der Waals surface area contributed by atoms with Crippen LogP contribution in [0, 0.1) is 0 Å². The van der Waals surface area contributed by atoms with Gasteiger partial charge >= 0.3 is 0 Å². The molecule has 4 rings (SSSR count). The molecule has 142 valence electrons. The maximum absolute atomic E-state index is 12.9. The van der Waals surface area contributed by atoms with Crippen LogP contribution in [0.25, 0.3) is 10.8 Å². The predicted molar refractivity (Wildman–Crippen MR) is 114 cm³/mol. The number of quaternary nitrogens is 1. The van der Waals surface area contributed by atoms with Gasteiger partial charge in [0.25, 0.3) is 11.8 Å². The van der Waals surface area contributed by atoms with Crippen LogP contribution in [0.5, 0.6) is 0 Å². The Kier molecular flexibility index (Phi) is 5.07. The minimum atomic E-state index is -0.0682. The Morgan fingerprint density at radius 3 is 2.61 bits per heavy atom. The molecule has 0 aromatic heterocycles. The van der Waals surface area contributed by atoms with Crippen LogP contribution in [-0.2, 0) is 4.79 Å². The van der Waals surface area contributed by atoms with E-state index in [1.54, 1.807) is 16.7 Å². The van der Waals surface area contributed by atoms with Crippen LogP contribution in [0.1, 0.15) is 10.4 Å².